The Hall–Kier alpha value is -0.570. The maximum atomic E-state index is 10.2. The molecule has 90 valence electrons. The van der Waals surface area contributed by atoms with Crippen molar-refractivity contribution < 1.29 is 9.90 Å². The highest BCUT2D eigenvalue weighted by Gasteiger charge is 2.01. The number of rotatable bonds is 10. The van der Waals surface area contributed by atoms with Gasteiger partial charge in [0.15, 0.2) is 0 Å². The molecule has 0 fully saturated rings. The number of carboxylic acid groups (broad SMARTS) is 1. The Kier molecular flexibility index (Phi) is 9.59. The van der Waals surface area contributed by atoms with E-state index in [1.165, 1.54) is 12.8 Å². The summed E-state index contributed by atoms with van der Waals surface area (Å²) in [7, 11) is 0. The van der Waals surface area contributed by atoms with Gasteiger partial charge in [-0.3, -0.25) is 4.79 Å². The van der Waals surface area contributed by atoms with Crippen molar-refractivity contribution in [2.24, 2.45) is 0 Å². The van der Waals surface area contributed by atoms with Crippen molar-refractivity contribution in [1.82, 2.24) is 5.32 Å². The van der Waals surface area contributed by atoms with Crippen LogP contribution in [-0.2, 0) is 4.79 Å². The van der Waals surface area contributed by atoms with E-state index in [-0.39, 0.29) is 0 Å². The van der Waals surface area contributed by atoms with Gasteiger partial charge in [0.2, 0.25) is 0 Å². The number of hydrogen-bond donors (Lipinski definition) is 2. The molecule has 0 aliphatic rings. The van der Waals surface area contributed by atoms with Crippen LogP contribution in [0.5, 0.6) is 0 Å². The largest absolute Gasteiger partial charge is 0.481 e. The Labute approximate surface area is 93.3 Å². The number of hydrogen-bond acceptors (Lipinski definition) is 2. The van der Waals surface area contributed by atoms with Gasteiger partial charge in [-0.15, -0.1) is 0 Å². The fourth-order valence-electron chi connectivity index (χ4n) is 1.64. The molecule has 0 aromatic carbocycles. The molecule has 0 saturated heterocycles. The lowest BCUT2D eigenvalue weighted by Crippen LogP contribution is -2.28. The first-order valence-electron chi connectivity index (χ1n) is 6.15. The fourth-order valence-corrected chi connectivity index (χ4v) is 1.64. The monoisotopic (exact) mass is 215 g/mol. The van der Waals surface area contributed by atoms with E-state index in [4.69, 9.17) is 5.11 Å². The summed E-state index contributed by atoms with van der Waals surface area (Å²) in [6.45, 7) is 5.47. The second-order valence-corrected chi connectivity index (χ2v) is 4.03. The minimum Gasteiger partial charge on any atom is -0.481 e. The van der Waals surface area contributed by atoms with Gasteiger partial charge >= 0.3 is 5.97 Å². The van der Waals surface area contributed by atoms with E-state index in [1.54, 1.807) is 0 Å². The van der Waals surface area contributed by atoms with Gasteiger partial charge < -0.3 is 10.4 Å². The molecule has 15 heavy (non-hydrogen) atoms. The fraction of sp³-hybridized carbons (Fsp3) is 0.917. The minimum atomic E-state index is -0.676. The molecule has 0 aliphatic carbocycles. The van der Waals surface area contributed by atoms with Crippen LogP contribution < -0.4 is 5.32 Å². The summed E-state index contributed by atoms with van der Waals surface area (Å²) in [5, 5.41) is 11.9. The highest BCUT2D eigenvalue weighted by Crippen LogP contribution is 2.03. The lowest BCUT2D eigenvalue weighted by Gasteiger charge is -2.14. The van der Waals surface area contributed by atoms with Gasteiger partial charge in [0.05, 0.1) is 0 Å². The van der Waals surface area contributed by atoms with Crippen LogP contribution in [0.15, 0.2) is 0 Å². The molecule has 0 heterocycles. The molecule has 0 bridgehead atoms. The van der Waals surface area contributed by atoms with Crippen molar-refractivity contribution in [3.8, 4) is 0 Å². The normalized spacial score (nSPS) is 10.9. The van der Waals surface area contributed by atoms with Crippen LogP contribution in [0.4, 0.5) is 0 Å². The topological polar surface area (TPSA) is 49.3 Å². The van der Waals surface area contributed by atoms with Crippen LogP contribution in [0.2, 0.25) is 0 Å². The quantitative estimate of drug-likeness (QED) is 0.551. The lowest BCUT2D eigenvalue weighted by molar-refractivity contribution is -0.137. The predicted octanol–water partition coefficient (Wildman–Crippen LogP) is 2.80. The van der Waals surface area contributed by atoms with Gasteiger partial charge in [0.25, 0.3) is 0 Å². The van der Waals surface area contributed by atoms with Gasteiger partial charge in [-0.25, -0.2) is 0 Å². The van der Waals surface area contributed by atoms with Crippen LogP contribution in [-0.4, -0.2) is 23.7 Å². The SMILES string of the molecule is CCC(CC)NCCCCCCC(=O)O. The molecule has 0 rings (SSSR count). The Bertz CT molecular complexity index is 156. The summed E-state index contributed by atoms with van der Waals surface area (Å²) in [4.78, 5) is 10.2. The Morgan fingerprint density at radius 1 is 1.13 bits per heavy atom. The van der Waals surface area contributed by atoms with Crippen molar-refractivity contribution in [3.63, 3.8) is 0 Å². The van der Waals surface area contributed by atoms with E-state index in [0.29, 0.717) is 12.5 Å². The third-order valence-electron chi connectivity index (χ3n) is 2.74. The van der Waals surface area contributed by atoms with E-state index in [2.05, 4.69) is 19.2 Å². The van der Waals surface area contributed by atoms with Crippen LogP contribution in [0, 0.1) is 0 Å². The molecular weight excluding hydrogens is 190 g/mol. The highest BCUT2D eigenvalue weighted by atomic mass is 16.4. The first-order chi connectivity index (χ1) is 7.20. The summed E-state index contributed by atoms with van der Waals surface area (Å²) in [6, 6.07) is 0.656. The third kappa shape index (κ3) is 9.73. The number of carbonyl (C=O) groups is 1. The van der Waals surface area contributed by atoms with E-state index >= 15 is 0 Å². The second kappa shape index (κ2) is 9.97. The minimum absolute atomic E-state index is 0.319. The van der Waals surface area contributed by atoms with Crippen LogP contribution in [0.1, 0.15) is 58.8 Å². The molecule has 0 aliphatic heterocycles. The smallest absolute Gasteiger partial charge is 0.303 e. The van der Waals surface area contributed by atoms with Gasteiger partial charge in [-0.1, -0.05) is 26.7 Å². The molecule has 0 amide bonds. The number of carboxylic acids is 1. The Morgan fingerprint density at radius 3 is 2.27 bits per heavy atom. The number of unbranched alkanes of at least 4 members (excludes halogenated alkanes) is 3. The number of nitrogens with one attached hydrogen (secondary N) is 1. The predicted molar refractivity (Wildman–Crippen MR) is 63.1 cm³/mol. The van der Waals surface area contributed by atoms with Crippen molar-refractivity contribution in [2.75, 3.05) is 6.54 Å². The van der Waals surface area contributed by atoms with Gasteiger partial charge in [0, 0.05) is 12.5 Å². The Balaban J connectivity index is 3.14. The van der Waals surface area contributed by atoms with Crippen molar-refractivity contribution >= 4 is 5.97 Å². The maximum absolute atomic E-state index is 10.2. The van der Waals surface area contributed by atoms with Crippen molar-refractivity contribution in [1.29, 1.82) is 0 Å². The van der Waals surface area contributed by atoms with Gasteiger partial charge in [-0.2, -0.15) is 0 Å². The molecule has 0 spiro atoms. The summed E-state index contributed by atoms with van der Waals surface area (Å²) < 4.78 is 0. The molecular formula is C12H25NO2. The van der Waals surface area contributed by atoms with Crippen molar-refractivity contribution in [3.05, 3.63) is 0 Å². The Morgan fingerprint density at radius 2 is 1.73 bits per heavy atom. The van der Waals surface area contributed by atoms with Crippen molar-refractivity contribution in [2.45, 2.75) is 64.8 Å². The van der Waals surface area contributed by atoms with E-state index in [0.717, 1.165) is 32.2 Å². The average molecular weight is 215 g/mol. The third-order valence-corrected chi connectivity index (χ3v) is 2.74. The summed E-state index contributed by atoms with van der Waals surface area (Å²) >= 11 is 0. The molecule has 0 radical (unpaired) electrons. The summed E-state index contributed by atoms with van der Waals surface area (Å²) in [6.07, 6.45) is 6.86. The molecule has 3 nitrogen and oxygen atoms in total. The highest BCUT2D eigenvalue weighted by molar-refractivity contribution is 5.66. The van der Waals surface area contributed by atoms with E-state index in [1.807, 2.05) is 0 Å². The first-order valence-corrected chi connectivity index (χ1v) is 6.15. The average Bonchev–Trinajstić information content (AvgIpc) is 2.22. The zero-order valence-corrected chi connectivity index (χ0v) is 10.1. The van der Waals surface area contributed by atoms with Crippen LogP contribution in [0.3, 0.4) is 0 Å². The standard InChI is InChI=1S/C12H25NO2/c1-3-11(4-2)13-10-8-6-5-7-9-12(14)15/h11,13H,3-10H2,1-2H3,(H,14,15). The number of aliphatic carboxylic acids is 1. The lowest BCUT2D eigenvalue weighted by atomic mass is 10.1. The van der Waals surface area contributed by atoms with E-state index < -0.39 is 5.97 Å². The molecule has 0 saturated carbocycles. The molecule has 0 unspecified atom stereocenters. The first kappa shape index (κ1) is 14.4. The molecule has 0 aromatic rings. The summed E-state index contributed by atoms with van der Waals surface area (Å²) in [5.41, 5.74) is 0. The van der Waals surface area contributed by atoms with Crippen LogP contribution >= 0.6 is 0 Å². The zero-order chi connectivity index (χ0) is 11.5. The van der Waals surface area contributed by atoms with Gasteiger partial charge in [0.1, 0.15) is 0 Å². The van der Waals surface area contributed by atoms with Gasteiger partial charge in [-0.05, 0) is 32.2 Å². The van der Waals surface area contributed by atoms with E-state index in [9.17, 15) is 4.79 Å². The molecule has 3 heteroatoms. The molecule has 0 atom stereocenters. The maximum Gasteiger partial charge on any atom is 0.303 e. The second-order valence-electron chi connectivity index (χ2n) is 4.03. The van der Waals surface area contributed by atoms with Crippen LogP contribution in [0.25, 0.3) is 0 Å². The zero-order valence-electron chi connectivity index (χ0n) is 10.1. The molecule has 0 aromatic heterocycles. The molecule has 2 N–H and O–H groups in total. The summed E-state index contributed by atoms with van der Waals surface area (Å²) in [5.74, 6) is -0.676.